The quantitative estimate of drug-likeness (QED) is 0.742. The van der Waals surface area contributed by atoms with Crippen LogP contribution in [0.4, 0.5) is 5.69 Å². The Labute approximate surface area is 115 Å². The van der Waals surface area contributed by atoms with E-state index in [4.69, 9.17) is 10.8 Å². The van der Waals surface area contributed by atoms with Crippen LogP contribution in [-0.4, -0.2) is 29.1 Å². The van der Waals surface area contributed by atoms with Crippen molar-refractivity contribution >= 4 is 33.1 Å². The fraction of sp³-hybridized carbons (Fsp3) is 0.385. The molecule has 4 N–H and O–H groups in total. The number of nitrogens with one attached hydrogen (secondary N) is 1. The molecule has 0 aliphatic carbocycles. The molecule has 19 heavy (non-hydrogen) atoms. The zero-order valence-corrected chi connectivity index (χ0v) is 11.8. The highest BCUT2D eigenvalue weighted by Gasteiger charge is 2.18. The summed E-state index contributed by atoms with van der Waals surface area (Å²) in [5.41, 5.74) is 8.50. The average molecular weight is 279 g/mol. The first-order valence-electron chi connectivity index (χ1n) is 6.10. The summed E-state index contributed by atoms with van der Waals surface area (Å²) in [4.78, 5) is 17.7. The van der Waals surface area contributed by atoms with E-state index in [9.17, 15) is 4.79 Å². The number of amides is 1. The Bertz CT molecular complexity index is 622. The van der Waals surface area contributed by atoms with Gasteiger partial charge < -0.3 is 16.2 Å². The molecular formula is C13H17N3O2S. The second-order valence-electron chi connectivity index (χ2n) is 4.44. The van der Waals surface area contributed by atoms with Crippen molar-refractivity contribution < 1.29 is 9.90 Å². The molecule has 6 heteroatoms. The molecular weight excluding hydrogens is 262 g/mol. The molecule has 0 unspecified atom stereocenters. The van der Waals surface area contributed by atoms with E-state index in [1.54, 1.807) is 0 Å². The van der Waals surface area contributed by atoms with Gasteiger partial charge in [0.15, 0.2) is 0 Å². The van der Waals surface area contributed by atoms with Crippen molar-refractivity contribution in [2.75, 3.05) is 18.9 Å². The number of aromatic nitrogens is 1. The lowest BCUT2D eigenvalue weighted by Crippen LogP contribution is -2.24. The van der Waals surface area contributed by atoms with Gasteiger partial charge in [-0.15, -0.1) is 11.3 Å². The summed E-state index contributed by atoms with van der Waals surface area (Å²) in [5.74, 6) is -0.203. The number of carbonyl (C=O) groups is 1. The largest absolute Gasteiger partial charge is 0.397 e. The number of pyridine rings is 1. The minimum absolute atomic E-state index is 0.0576. The highest BCUT2D eigenvalue weighted by molar-refractivity contribution is 7.21. The zero-order chi connectivity index (χ0) is 14.0. The Morgan fingerprint density at radius 1 is 1.53 bits per heavy atom. The fourth-order valence-corrected chi connectivity index (χ4v) is 3.13. The molecule has 102 valence electrons. The number of fused-ring (bicyclic) bond motifs is 1. The van der Waals surface area contributed by atoms with Gasteiger partial charge in [-0.05, 0) is 31.9 Å². The SMILES string of the molecule is Cc1cc(C)c2c(N)c(C(=O)NCCCO)sc2n1. The Balaban J connectivity index is 2.37. The summed E-state index contributed by atoms with van der Waals surface area (Å²) in [6.45, 7) is 4.38. The van der Waals surface area contributed by atoms with E-state index < -0.39 is 0 Å². The number of hydrogen-bond acceptors (Lipinski definition) is 5. The topological polar surface area (TPSA) is 88.2 Å². The maximum absolute atomic E-state index is 12.0. The van der Waals surface area contributed by atoms with Crippen LogP contribution in [0.15, 0.2) is 6.07 Å². The lowest BCUT2D eigenvalue weighted by atomic mass is 10.1. The van der Waals surface area contributed by atoms with Crippen LogP contribution in [-0.2, 0) is 0 Å². The van der Waals surface area contributed by atoms with Crippen LogP contribution in [0.1, 0.15) is 27.3 Å². The molecule has 0 fully saturated rings. The van der Waals surface area contributed by atoms with Gasteiger partial charge in [-0.25, -0.2) is 4.98 Å². The highest BCUT2D eigenvalue weighted by Crippen LogP contribution is 2.34. The number of rotatable bonds is 4. The Hall–Kier alpha value is -1.66. The maximum atomic E-state index is 12.0. The van der Waals surface area contributed by atoms with Crippen molar-refractivity contribution in [2.24, 2.45) is 0 Å². The van der Waals surface area contributed by atoms with E-state index in [0.717, 1.165) is 21.5 Å². The van der Waals surface area contributed by atoms with Crippen LogP contribution in [0.5, 0.6) is 0 Å². The third-order valence-corrected chi connectivity index (χ3v) is 3.95. The summed E-state index contributed by atoms with van der Waals surface area (Å²) in [6.07, 6.45) is 0.535. The van der Waals surface area contributed by atoms with Gasteiger partial charge in [0, 0.05) is 24.2 Å². The minimum atomic E-state index is -0.203. The number of aryl methyl sites for hydroxylation is 2. The lowest BCUT2D eigenvalue weighted by Gasteiger charge is -2.03. The van der Waals surface area contributed by atoms with Crippen molar-refractivity contribution in [3.63, 3.8) is 0 Å². The number of thiophene rings is 1. The van der Waals surface area contributed by atoms with Crippen molar-refractivity contribution in [1.29, 1.82) is 0 Å². The normalized spacial score (nSPS) is 10.9. The number of aliphatic hydroxyl groups excluding tert-OH is 1. The van der Waals surface area contributed by atoms with Crippen molar-refractivity contribution in [1.82, 2.24) is 10.3 Å². The van der Waals surface area contributed by atoms with Crippen LogP contribution >= 0.6 is 11.3 Å². The molecule has 0 bridgehead atoms. The zero-order valence-electron chi connectivity index (χ0n) is 11.0. The molecule has 0 spiro atoms. The molecule has 5 nitrogen and oxygen atoms in total. The van der Waals surface area contributed by atoms with E-state index in [1.165, 1.54) is 11.3 Å². The first kappa shape index (κ1) is 13.8. The van der Waals surface area contributed by atoms with E-state index in [2.05, 4.69) is 10.3 Å². The van der Waals surface area contributed by atoms with E-state index >= 15 is 0 Å². The van der Waals surface area contributed by atoms with Gasteiger partial charge in [0.1, 0.15) is 9.71 Å². The van der Waals surface area contributed by atoms with E-state index in [-0.39, 0.29) is 12.5 Å². The second-order valence-corrected chi connectivity index (χ2v) is 5.44. The smallest absolute Gasteiger partial charge is 0.263 e. The molecule has 2 aromatic heterocycles. The molecule has 0 atom stereocenters. The van der Waals surface area contributed by atoms with Gasteiger partial charge in [0.05, 0.1) is 5.69 Å². The summed E-state index contributed by atoms with van der Waals surface area (Å²) in [5, 5.41) is 12.3. The van der Waals surface area contributed by atoms with Gasteiger partial charge in [-0.2, -0.15) is 0 Å². The molecule has 0 aliphatic heterocycles. The second kappa shape index (κ2) is 5.54. The van der Waals surface area contributed by atoms with Gasteiger partial charge in [0.2, 0.25) is 0 Å². The number of nitrogens with zero attached hydrogens (tertiary/aromatic N) is 1. The number of nitrogens with two attached hydrogens (primary N) is 1. The first-order chi connectivity index (χ1) is 9.04. The van der Waals surface area contributed by atoms with Crippen LogP contribution in [0.2, 0.25) is 0 Å². The molecule has 0 saturated heterocycles. The molecule has 2 rings (SSSR count). The van der Waals surface area contributed by atoms with Gasteiger partial charge in [-0.3, -0.25) is 4.79 Å². The predicted molar refractivity (Wildman–Crippen MR) is 77.5 cm³/mol. The first-order valence-corrected chi connectivity index (χ1v) is 6.91. The number of nitrogen functional groups attached to an aromatic ring is 1. The minimum Gasteiger partial charge on any atom is -0.397 e. The Kier molecular flexibility index (Phi) is 4.01. The molecule has 0 saturated carbocycles. The third-order valence-electron chi connectivity index (χ3n) is 2.85. The van der Waals surface area contributed by atoms with Crippen LogP contribution < -0.4 is 11.1 Å². The summed E-state index contributed by atoms with van der Waals surface area (Å²) in [7, 11) is 0. The number of anilines is 1. The third kappa shape index (κ3) is 2.69. The molecule has 0 radical (unpaired) electrons. The van der Waals surface area contributed by atoms with Gasteiger partial charge in [0.25, 0.3) is 5.91 Å². The van der Waals surface area contributed by atoms with Crippen LogP contribution in [0.3, 0.4) is 0 Å². The average Bonchev–Trinajstić information content (AvgIpc) is 2.66. The van der Waals surface area contributed by atoms with Crippen LogP contribution in [0, 0.1) is 13.8 Å². The van der Waals surface area contributed by atoms with Crippen molar-refractivity contribution in [3.05, 3.63) is 22.2 Å². The molecule has 0 aliphatic rings. The monoisotopic (exact) mass is 279 g/mol. The van der Waals surface area contributed by atoms with Crippen molar-refractivity contribution in [2.45, 2.75) is 20.3 Å². The molecule has 1 amide bonds. The van der Waals surface area contributed by atoms with Gasteiger partial charge >= 0.3 is 0 Å². The number of hydrogen-bond donors (Lipinski definition) is 3. The van der Waals surface area contributed by atoms with Crippen LogP contribution in [0.25, 0.3) is 10.2 Å². The molecule has 2 aromatic rings. The number of carbonyl (C=O) groups excluding carboxylic acids is 1. The fourth-order valence-electron chi connectivity index (χ4n) is 2.00. The summed E-state index contributed by atoms with van der Waals surface area (Å²) in [6, 6.07) is 1.96. The lowest BCUT2D eigenvalue weighted by molar-refractivity contribution is 0.0956. The van der Waals surface area contributed by atoms with E-state index in [0.29, 0.717) is 23.5 Å². The van der Waals surface area contributed by atoms with Crippen molar-refractivity contribution in [3.8, 4) is 0 Å². The summed E-state index contributed by atoms with van der Waals surface area (Å²) >= 11 is 1.31. The molecule has 2 heterocycles. The molecule has 0 aromatic carbocycles. The number of aliphatic hydroxyl groups is 1. The summed E-state index contributed by atoms with van der Waals surface area (Å²) < 4.78 is 0. The standard InChI is InChI=1S/C13H17N3O2S/c1-7-6-8(2)16-13-9(7)10(14)11(19-13)12(18)15-4-3-5-17/h6,17H,3-5,14H2,1-2H3,(H,15,18). The maximum Gasteiger partial charge on any atom is 0.263 e. The Morgan fingerprint density at radius 2 is 2.26 bits per heavy atom. The highest BCUT2D eigenvalue weighted by atomic mass is 32.1. The van der Waals surface area contributed by atoms with Gasteiger partial charge in [-0.1, -0.05) is 0 Å². The predicted octanol–water partition coefficient (Wildman–Crippen LogP) is 1.61. The van der Waals surface area contributed by atoms with E-state index in [1.807, 2.05) is 19.9 Å². The Morgan fingerprint density at radius 3 is 2.95 bits per heavy atom.